The molecule has 3 rings (SSSR count). The topological polar surface area (TPSA) is 95.9 Å². The van der Waals surface area contributed by atoms with Gasteiger partial charge in [0.1, 0.15) is 5.75 Å². The summed E-state index contributed by atoms with van der Waals surface area (Å²) < 4.78 is 34.8. The van der Waals surface area contributed by atoms with E-state index < -0.39 is 22.2 Å². The van der Waals surface area contributed by atoms with Crippen LogP contribution in [0, 0.1) is 5.92 Å². The Bertz CT molecular complexity index is 1060. The van der Waals surface area contributed by atoms with Crippen molar-refractivity contribution in [2.24, 2.45) is 5.92 Å². The van der Waals surface area contributed by atoms with Crippen LogP contribution >= 0.6 is 0 Å². The molecule has 1 amide bonds. The van der Waals surface area contributed by atoms with E-state index in [0.29, 0.717) is 25.9 Å². The molecule has 2 aromatic carbocycles. The van der Waals surface area contributed by atoms with Crippen LogP contribution in [-0.4, -0.2) is 78.1 Å². The molecule has 7 nitrogen and oxygen atoms in total. The summed E-state index contributed by atoms with van der Waals surface area (Å²) in [6, 6.07) is 13.9. The van der Waals surface area contributed by atoms with Crippen molar-refractivity contribution in [3.05, 3.63) is 59.7 Å². The Labute approximate surface area is 216 Å². The minimum absolute atomic E-state index is 0.0604. The molecular weight excluding hydrogens is 559 g/mol. The molecule has 0 fully saturated rings. The average molecular weight is 592 g/mol. The molecule has 1 heterocycles. The van der Waals surface area contributed by atoms with E-state index in [2.05, 4.69) is 5.32 Å². The summed E-state index contributed by atoms with van der Waals surface area (Å²) in [6.45, 7) is 4.59. The van der Waals surface area contributed by atoms with Crippen molar-refractivity contribution < 1.29 is 23.1 Å². The number of nitrogens with one attached hydrogen (secondary N) is 1. The molecule has 2 aromatic rings. The van der Waals surface area contributed by atoms with E-state index in [9.17, 15) is 18.3 Å². The van der Waals surface area contributed by atoms with Gasteiger partial charge in [-0.05, 0) is 0 Å². The van der Waals surface area contributed by atoms with Gasteiger partial charge in [-0.3, -0.25) is 0 Å². The van der Waals surface area contributed by atoms with Gasteiger partial charge in [0.05, 0.1) is 6.61 Å². The average Bonchev–Trinajstić information content (AvgIpc) is 3.26. The smallest absolute Gasteiger partial charge is 0.0924 e. The Balaban J connectivity index is 1.84. The number of hydrogen-bond donors (Lipinski definition) is 2. The van der Waals surface area contributed by atoms with Crippen LogP contribution in [-0.2, 0) is 27.7 Å². The van der Waals surface area contributed by atoms with Crippen LogP contribution in [0.5, 0.6) is 5.75 Å². The molecule has 0 unspecified atom stereocenters. The summed E-state index contributed by atoms with van der Waals surface area (Å²) >= 11 is 1.27. The van der Waals surface area contributed by atoms with E-state index in [4.69, 9.17) is 4.74 Å². The van der Waals surface area contributed by atoms with E-state index in [-0.39, 0.29) is 29.8 Å². The summed E-state index contributed by atoms with van der Waals surface area (Å²) in [4.78, 5) is 12.6. The van der Waals surface area contributed by atoms with E-state index in [1.54, 1.807) is 18.2 Å². The number of rotatable bonds is 12. The maximum absolute atomic E-state index is 13.6. The van der Waals surface area contributed by atoms with Crippen molar-refractivity contribution in [2.45, 2.75) is 54.6 Å². The molecule has 34 heavy (non-hydrogen) atoms. The predicted molar refractivity (Wildman–Crippen MR) is 132 cm³/mol. The van der Waals surface area contributed by atoms with Crippen LogP contribution in [0.25, 0.3) is 0 Å². The molecule has 0 saturated carbocycles. The summed E-state index contributed by atoms with van der Waals surface area (Å²) in [5.41, 5.74) is 1.84. The zero-order chi connectivity index (χ0) is 24.7. The molecule has 0 bridgehead atoms. The molecule has 1 aliphatic rings. The summed E-state index contributed by atoms with van der Waals surface area (Å²) in [5, 5.41) is 14.1. The maximum atomic E-state index is 13.6. The SMILES string of the molecule is CC(C)CN(C[C@@H](O)[C@H](Cc1ccccc1)NC(=O)C[CH2][Sn+])S(=O)(=O)c1ccc2c(c1)CCO2. The Hall–Kier alpha value is -1.62. The van der Waals surface area contributed by atoms with Crippen LogP contribution in [0.1, 0.15) is 31.4 Å². The number of aliphatic hydroxyl groups excluding tert-OH is 1. The number of aliphatic hydroxyl groups is 1. The molecule has 2 atom stereocenters. The molecule has 2 radical (unpaired) electrons. The first-order chi connectivity index (χ1) is 16.2. The third kappa shape index (κ3) is 7.19. The Morgan fingerprint density at radius 3 is 2.59 bits per heavy atom. The number of nitrogens with zero attached hydrogens (tertiary/aromatic N) is 1. The molecule has 0 aliphatic carbocycles. The molecule has 1 aliphatic heterocycles. The molecule has 9 heteroatoms. The van der Waals surface area contributed by atoms with Crippen molar-refractivity contribution in [3.8, 4) is 5.75 Å². The molecular formula is C25H33N2O5SSn+. The number of hydrogen-bond acceptors (Lipinski definition) is 5. The third-order valence-electron chi connectivity index (χ3n) is 5.72. The van der Waals surface area contributed by atoms with E-state index >= 15 is 0 Å². The largest absolute Gasteiger partial charge is 0.493 e. The molecule has 0 spiro atoms. The van der Waals surface area contributed by atoms with Gasteiger partial charge in [-0.25, -0.2) is 0 Å². The van der Waals surface area contributed by atoms with Crippen LogP contribution < -0.4 is 10.1 Å². The number of fused-ring (bicyclic) bond motifs is 1. The predicted octanol–water partition coefficient (Wildman–Crippen LogP) is 2.33. The Morgan fingerprint density at radius 1 is 1.18 bits per heavy atom. The third-order valence-corrected chi connectivity index (χ3v) is 8.26. The first-order valence-electron chi connectivity index (χ1n) is 11.6. The van der Waals surface area contributed by atoms with Crippen molar-refractivity contribution in [1.29, 1.82) is 0 Å². The zero-order valence-corrected chi connectivity index (χ0v) is 23.4. The minimum atomic E-state index is -3.85. The van der Waals surface area contributed by atoms with Gasteiger partial charge in [0.2, 0.25) is 0 Å². The fourth-order valence-electron chi connectivity index (χ4n) is 4.03. The first kappa shape index (κ1) is 27.0. The summed E-state index contributed by atoms with van der Waals surface area (Å²) in [7, 11) is -3.85. The molecule has 0 aromatic heterocycles. The van der Waals surface area contributed by atoms with Gasteiger partial charge < -0.3 is 4.74 Å². The van der Waals surface area contributed by atoms with Crippen molar-refractivity contribution in [1.82, 2.24) is 9.62 Å². The quantitative estimate of drug-likeness (QED) is 0.369. The summed E-state index contributed by atoms with van der Waals surface area (Å²) in [5.74, 6) is 0.650. The van der Waals surface area contributed by atoms with Gasteiger partial charge in [-0.15, -0.1) is 0 Å². The van der Waals surface area contributed by atoms with Gasteiger partial charge in [0.25, 0.3) is 0 Å². The number of amides is 1. The Kier molecular flexibility index (Phi) is 9.82. The minimum Gasteiger partial charge on any atom is -0.493 e. The zero-order valence-electron chi connectivity index (χ0n) is 19.7. The van der Waals surface area contributed by atoms with Crippen LogP contribution in [0.3, 0.4) is 0 Å². The summed E-state index contributed by atoms with van der Waals surface area (Å²) in [6.07, 6.45) is 0.411. The van der Waals surface area contributed by atoms with Crippen LogP contribution in [0.2, 0.25) is 4.44 Å². The van der Waals surface area contributed by atoms with Crippen LogP contribution in [0.4, 0.5) is 0 Å². The van der Waals surface area contributed by atoms with Crippen molar-refractivity contribution in [3.63, 3.8) is 0 Å². The van der Waals surface area contributed by atoms with Gasteiger partial charge in [-0.2, -0.15) is 0 Å². The second-order valence-corrected chi connectivity index (χ2v) is 12.4. The van der Waals surface area contributed by atoms with E-state index in [1.807, 2.05) is 44.2 Å². The molecule has 0 saturated heterocycles. The van der Waals surface area contributed by atoms with Crippen LogP contribution in [0.15, 0.2) is 53.4 Å². The normalized spacial score (nSPS) is 15.1. The van der Waals surface area contributed by atoms with Gasteiger partial charge in [0, 0.05) is 6.42 Å². The molecule has 182 valence electrons. The van der Waals surface area contributed by atoms with Gasteiger partial charge in [-0.1, -0.05) is 0 Å². The second kappa shape index (κ2) is 12.4. The fraction of sp³-hybridized carbons (Fsp3) is 0.480. The monoisotopic (exact) mass is 593 g/mol. The number of carbonyl (C=O) groups excluding carboxylic acids is 1. The molecule has 2 N–H and O–H groups in total. The van der Waals surface area contributed by atoms with Crippen molar-refractivity contribution >= 4 is 38.5 Å². The standard InChI is InChI=1S/C25H33N2O5S.Sn/c1-4-25(29)26-22(14-19-8-6-5-7-9-19)23(28)17-27(16-18(2)3)33(30,31)21-10-11-24-20(15-21)12-13-32-24;/h5-11,15,18,22-23,28H,1,4,12-14,16-17H2,2-3H3,(H,26,29);/q;+1/t22-,23+;/m0./s1. The maximum Gasteiger partial charge on any atom is 0.0924 e. The van der Waals surface area contributed by atoms with E-state index in [0.717, 1.165) is 21.3 Å². The second-order valence-electron chi connectivity index (χ2n) is 9.01. The van der Waals surface area contributed by atoms with E-state index in [1.165, 1.54) is 26.8 Å². The van der Waals surface area contributed by atoms with Gasteiger partial charge >= 0.3 is 193 Å². The van der Waals surface area contributed by atoms with Gasteiger partial charge in [0.15, 0.2) is 0 Å². The number of benzene rings is 2. The van der Waals surface area contributed by atoms with Crippen molar-refractivity contribution in [2.75, 3.05) is 19.7 Å². The number of carbonyl (C=O) groups is 1. The fourth-order valence-corrected chi connectivity index (χ4v) is 6.35. The number of ether oxygens (including phenoxy) is 1. The Morgan fingerprint density at radius 2 is 1.91 bits per heavy atom. The first-order valence-corrected chi connectivity index (χ1v) is 15.1. The number of sulfonamides is 1.